The number of carbonyl (C=O) groups is 1. The summed E-state index contributed by atoms with van der Waals surface area (Å²) < 4.78 is 5.65. The summed E-state index contributed by atoms with van der Waals surface area (Å²) in [6.45, 7) is 8.58. The molecule has 2 fully saturated rings. The highest BCUT2D eigenvalue weighted by Crippen LogP contribution is 2.21. The molecule has 4 nitrogen and oxygen atoms in total. The summed E-state index contributed by atoms with van der Waals surface area (Å²) >= 11 is 0. The summed E-state index contributed by atoms with van der Waals surface area (Å²) in [5.41, 5.74) is -0.441. The van der Waals surface area contributed by atoms with Crippen LogP contribution in [0.1, 0.15) is 40.0 Å². The first-order valence-corrected chi connectivity index (χ1v) is 6.68. The largest absolute Gasteiger partial charge is 0.376 e. The van der Waals surface area contributed by atoms with Crippen LogP contribution in [-0.2, 0) is 9.53 Å². The second-order valence-electron chi connectivity index (χ2n) is 5.78. The first kappa shape index (κ1) is 12.8. The zero-order chi connectivity index (χ0) is 12.5. The minimum atomic E-state index is -0.441. The summed E-state index contributed by atoms with van der Waals surface area (Å²) in [5, 5.41) is 3.32. The van der Waals surface area contributed by atoms with Gasteiger partial charge in [0, 0.05) is 19.2 Å². The fourth-order valence-corrected chi connectivity index (χ4v) is 2.65. The van der Waals surface area contributed by atoms with E-state index < -0.39 is 5.54 Å². The summed E-state index contributed by atoms with van der Waals surface area (Å²) in [7, 11) is 0. The molecule has 2 heterocycles. The number of hydrogen-bond donors (Lipinski definition) is 1. The van der Waals surface area contributed by atoms with Crippen LogP contribution in [-0.4, -0.2) is 48.2 Å². The second-order valence-corrected chi connectivity index (χ2v) is 5.78. The molecule has 1 amide bonds. The van der Waals surface area contributed by atoms with E-state index in [0.29, 0.717) is 6.04 Å². The van der Waals surface area contributed by atoms with Crippen molar-refractivity contribution in [1.82, 2.24) is 10.2 Å². The Morgan fingerprint density at radius 2 is 2.24 bits per heavy atom. The zero-order valence-electron chi connectivity index (χ0n) is 11.2. The molecule has 2 atom stereocenters. The van der Waals surface area contributed by atoms with Crippen LogP contribution < -0.4 is 5.32 Å². The van der Waals surface area contributed by atoms with Crippen molar-refractivity contribution in [3.05, 3.63) is 0 Å². The van der Waals surface area contributed by atoms with Crippen molar-refractivity contribution in [2.45, 2.75) is 57.7 Å². The third-order valence-electron chi connectivity index (χ3n) is 3.88. The van der Waals surface area contributed by atoms with E-state index >= 15 is 0 Å². The van der Waals surface area contributed by atoms with Crippen molar-refractivity contribution < 1.29 is 9.53 Å². The van der Waals surface area contributed by atoms with Crippen molar-refractivity contribution in [3.63, 3.8) is 0 Å². The van der Waals surface area contributed by atoms with Gasteiger partial charge < -0.3 is 15.0 Å². The van der Waals surface area contributed by atoms with E-state index in [-0.39, 0.29) is 12.0 Å². The van der Waals surface area contributed by atoms with Crippen LogP contribution in [0.5, 0.6) is 0 Å². The Morgan fingerprint density at radius 3 is 2.88 bits per heavy atom. The van der Waals surface area contributed by atoms with Crippen LogP contribution in [0.3, 0.4) is 0 Å². The molecular formula is C13H24N2O2. The van der Waals surface area contributed by atoms with E-state index in [1.165, 1.54) is 0 Å². The lowest BCUT2D eigenvalue weighted by Gasteiger charge is -2.34. The molecule has 2 unspecified atom stereocenters. The van der Waals surface area contributed by atoms with E-state index in [0.717, 1.165) is 39.0 Å². The molecule has 0 aromatic carbocycles. The van der Waals surface area contributed by atoms with Crippen molar-refractivity contribution in [2.75, 3.05) is 19.7 Å². The molecule has 2 aliphatic rings. The average Bonchev–Trinajstić information content (AvgIpc) is 2.73. The summed E-state index contributed by atoms with van der Waals surface area (Å²) in [6, 6.07) is 0.306. The first-order valence-electron chi connectivity index (χ1n) is 6.68. The Balaban J connectivity index is 2.07. The van der Waals surface area contributed by atoms with Gasteiger partial charge in [0.25, 0.3) is 0 Å². The van der Waals surface area contributed by atoms with Gasteiger partial charge in [0.1, 0.15) is 0 Å². The first-order chi connectivity index (χ1) is 8.00. The van der Waals surface area contributed by atoms with Crippen molar-refractivity contribution in [2.24, 2.45) is 0 Å². The van der Waals surface area contributed by atoms with Gasteiger partial charge in [-0.25, -0.2) is 0 Å². The molecule has 1 N–H and O–H groups in total. The Labute approximate surface area is 104 Å². The van der Waals surface area contributed by atoms with Gasteiger partial charge in [0.15, 0.2) is 0 Å². The normalized spacial score (nSPS) is 33.8. The number of carbonyl (C=O) groups excluding carboxylic acids is 1. The molecule has 0 aromatic heterocycles. The number of hydrogen-bond acceptors (Lipinski definition) is 3. The number of ether oxygens (including phenoxy) is 1. The molecule has 0 aliphatic carbocycles. The van der Waals surface area contributed by atoms with Gasteiger partial charge >= 0.3 is 0 Å². The minimum Gasteiger partial charge on any atom is -0.376 e. The summed E-state index contributed by atoms with van der Waals surface area (Å²) in [4.78, 5) is 14.5. The zero-order valence-corrected chi connectivity index (χ0v) is 11.2. The van der Waals surface area contributed by atoms with Crippen LogP contribution in [0.25, 0.3) is 0 Å². The fraction of sp³-hybridized carbons (Fsp3) is 0.923. The molecule has 0 bridgehead atoms. The monoisotopic (exact) mass is 240 g/mol. The van der Waals surface area contributed by atoms with Crippen molar-refractivity contribution in [1.29, 1.82) is 0 Å². The molecule has 17 heavy (non-hydrogen) atoms. The smallest absolute Gasteiger partial charge is 0.242 e. The van der Waals surface area contributed by atoms with E-state index in [9.17, 15) is 4.79 Å². The van der Waals surface area contributed by atoms with E-state index in [1.54, 1.807) is 0 Å². The van der Waals surface area contributed by atoms with Crippen LogP contribution in [0.4, 0.5) is 0 Å². The number of nitrogens with one attached hydrogen (secondary N) is 1. The minimum absolute atomic E-state index is 0.206. The van der Waals surface area contributed by atoms with Crippen LogP contribution in [0.15, 0.2) is 0 Å². The van der Waals surface area contributed by atoms with Gasteiger partial charge in [-0.05, 0) is 46.6 Å². The highest BCUT2D eigenvalue weighted by molar-refractivity contribution is 5.86. The van der Waals surface area contributed by atoms with Crippen LogP contribution >= 0.6 is 0 Å². The van der Waals surface area contributed by atoms with Gasteiger partial charge in [-0.2, -0.15) is 0 Å². The quantitative estimate of drug-likeness (QED) is 0.787. The molecule has 0 spiro atoms. The Morgan fingerprint density at radius 1 is 1.47 bits per heavy atom. The van der Waals surface area contributed by atoms with Gasteiger partial charge in [-0.15, -0.1) is 0 Å². The predicted molar refractivity (Wildman–Crippen MR) is 66.8 cm³/mol. The molecule has 2 saturated heterocycles. The predicted octanol–water partition coefficient (Wildman–Crippen LogP) is 1.15. The SMILES string of the molecule is CC1CCNC(C)(C)C(=O)N1CC1CCCO1. The van der Waals surface area contributed by atoms with Crippen molar-refractivity contribution >= 4 is 5.91 Å². The van der Waals surface area contributed by atoms with E-state index in [2.05, 4.69) is 12.2 Å². The number of rotatable bonds is 2. The maximum atomic E-state index is 12.5. The Bertz CT molecular complexity index is 285. The second kappa shape index (κ2) is 4.94. The van der Waals surface area contributed by atoms with Crippen LogP contribution in [0.2, 0.25) is 0 Å². The van der Waals surface area contributed by atoms with Gasteiger partial charge in [-0.1, -0.05) is 0 Å². The third kappa shape index (κ3) is 2.80. The number of amides is 1. The molecule has 4 heteroatoms. The van der Waals surface area contributed by atoms with E-state index in [4.69, 9.17) is 4.74 Å². The molecular weight excluding hydrogens is 216 g/mol. The topological polar surface area (TPSA) is 41.6 Å². The lowest BCUT2D eigenvalue weighted by molar-refractivity contribution is -0.139. The van der Waals surface area contributed by atoms with Gasteiger partial charge in [0.2, 0.25) is 5.91 Å². The highest BCUT2D eigenvalue weighted by atomic mass is 16.5. The van der Waals surface area contributed by atoms with E-state index in [1.807, 2.05) is 18.7 Å². The lowest BCUT2D eigenvalue weighted by atomic mass is 10.0. The maximum absolute atomic E-state index is 12.5. The molecule has 2 rings (SSSR count). The Kier molecular flexibility index (Phi) is 3.73. The highest BCUT2D eigenvalue weighted by Gasteiger charge is 2.37. The van der Waals surface area contributed by atoms with Crippen LogP contribution in [0, 0.1) is 0 Å². The number of nitrogens with zero attached hydrogens (tertiary/aromatic N) is 1. The van der Waals surface area contributed by atoms with Gasteiger partial charge in [0.05, 0.1) is 11.6 Å². The molecule has 0 aromatic rings. The average molecular weight is 240 g/mol. The third-order valence-corrected chi connectivity index (χ3v) is 3.88. The van der Waals surface area contributed by atoms with Gasteiger partial charge in [-0.3, -0.25) is 4.79 Å². The summed E-state index contributed by atoms with van der Waals surface area (Å²) in [5.74, 6) is 0.206. The van der Waals surface area contributed by atoms with Crippen molar-refractivity contribution in [3.8, 4) is 0 Å². The molecule has 2 aliphatic heterocycles. The molecule has 98 valence electrons. The molecule has 0 saturated carbocycles. The lowest BCUT2D eigenvalue weighted by Crippen LogP contribution is -2.54. The summed E-state index contributed by atoms with van der Waals surface area (Å²) in [6.07, 6.45) is 3.48. The standard InChI is InChI=1S/C13H24N2O2/c1-10-6-7-14-13(2,3)12(16)15(10)9-11-5-4-8-17-11/h10-11,14H,4-9H2,1-3H3. The maximum Gasteiger partial charge on any atom is 0.242 e. The molecule has 0 radical (unpaired) electrons. The fourth-order valence-electron chi connectivity index (χ4n) is 2.65. The Hall–Kier alpha value is -0.610.